The number of anilines is 1. The molecule has 0 bridgehead atoms. The molecule has 1 amide bonds. The van der Waals surface area contributed by atoms with Gasteiger partial charge in [-0.2, -0.15) is 52.7 Å². The largest absolute Gasteiger partial charge is 0.494 e. The van der Waals surface area contributed by atoms with Crippen LogP contribution >= 0.6 is 0 Å². The van der Waals surface area contributed by atoms with Crippen LogP contribution in [0.1, 0.15) is 0 Å². The Kier molecular flexibility index (Phi) is 8.42. The molecule has 0 aliphatic carbocycles. The molecule has 0 radical (unpaired) electrons. The number of non-ortho nitro benzene ring substituents is 1. The quantitative estimate of drug-likeness (QED) is 0.220. The Bertz CT molecular complexity index is 1060. The molecule has 21 heteroatoms. The number of benzene rings is 1. The van der Waals surface area contributed by atoms with Crippen molar-refractivity contribution in [3.8, 4) is 5.75 Å². The highest BCUT2D eigenvalue weighted by molar-refractivity contribution is 5.98. The highest BCUT2D eigenvalue weighted by Gasteiger charge is 2.81. The van der Waals surface area contributed by atoms with Gasteiger partial charge in [-0.1, -0.05) is 6.58 Å². The second kappa shape index (κ2) is 9.84. The van der Waals surface area contributed by atoms with E-state index in [1.54, 1.807) is 6.58 Å². The third kappa shape index (κ3) is 6.14. The number of nitro groups is 1. The summed E-state index contributed by atoms with van der Waals surface area (Å²) < 4.78 is 182. The van der Waals surface area contributed by atoms with Crippen molar-refractivity contribution in [3.05, 3.63) is 40.7 Å². The summed E-state index contributed by atoms with van der Waals surface area (Å²) in [5.74, 6) is -21.8. The summed E-state index contributed by atoms with van der Waals surface area (Å²) in [6.45, 7) is 1.66. The van der Waals surface area contributed by atoms with Crippen molar-refractivity contribution in [1.82, 2.24) is 0 Å². The lowest BCUT2D eigenvalue weighted by atomic mass is 10.2. The molecule has 37 heavy (non-hydrogen) atoms. The molecule has 0 saturated carbocycles. The molecule has 0 spiro atoms. The Balaban J connectivity index is 3.60. The predicted octanol–water partition coefficient (Wildman–Crippen LogP) is 5.70. The Hall–Kier alpha value is -3.36. The molecular weight excluding hydrogens is 563 g/mol. The van der Waals surface area contributed by atoms with E-state index in [-0.39, 0.29) is 0 Å². The minimum Gasteiger partial charge on any atom is -0.494 e. The third-order valence-electron chi connectivity index (χ3n) is 3.89. The third-order valence-corrected chi connectivity index (χ3v) is 3.89. The van der Waals surface area contributed by atoms with Crippen LogP contribution in [0.3, 0.4) is 0 Å². The van der Waals surface area contributed by atoms with E-state index in [9.17, 15) is 72.0 Å². The van der Waals surface area contributed by atoms with Gasteiger partial charge in [0.25, 0.3) is 11.6 Å². The first-order valence-corrected chi connectivity index (χ1v) is 8.52. The van der Waals surface area contributed by atoms with Crippen LogP contribution in [0, 0.1) is 10.1 Å². The summed E-state index contributed by atoms with van der Waals surface area (Å²) in [5, 5.41) is 11.5. The number of ether oxygens (including phenoxy) is 3. The zero-order valence-corrected chi connectivity index (χ0v) is 17.2. The summed E-state index contributed by atoms with van der Waals surface area (Å²) in [5.41, 5.74) is -2.00. The summed E-state index contributed by atoms with van der Waals surface area (Å²) >= 11 is 0. The Morgan fingerprint density at radius 2 is 1.46 bits per heavy atom. The first kappa shape index (κ1) is 31.7. The van der Waals surface area contributed by atoms with E-state index < -0.39 is 70.1 Å². The van der Waals surface area contributed by atoms with Gasteiger partial charge in [0.05, 0.1) is 23.8 Å². The maximum absolute atomic E-state index is 14.6. The van der Waals surface area contributed by atoms with Crippen molar-refractivity contribution in [1.29, 1.82) is 0 Å². The summed E-state index contributed by atoms with van der Waals surface area (Å²) in [6, 6.07) is 1.18. The lowest BCUT2D eigenvalue weighted by molar-refractivity contribution is -0.521. The average molecular weight is 572 g/mol. The van der Waals surface area contributed by atoms with Crippen molar-refractivity contribution >= 4 is 17.3 Å². The monoisotopic (exact) mass is 572 g/mol. The second-order valence-corrected chi connectivity index (χ2v) is 6.42. The van der Waals surface area contributed by atoms with Crippen LogP contribution < -0.4 is 10.1 Å². The van der Waals surface area contributed by atoms with Crippen LogP contribution in [0.15, 0.2) is 30.6 Å². The number of carbonyl (C=O) groups is 1. The standard InChI is InChI=1S/C16H9F13N2O6/c1-6(17)12(19,20)37-13(21,15(25,26)27)16(28,29)36-11(18,14(22,23)24)10(32)30-8-4-3-7(31(33)34)5-9(8)35-2/h3-5H,1H2,2H3,(H,30,32). The molecule has 0 fully saturated rings. The number of alkyl halides is 12. The smallest absolute Gasteiger partial charge is 0.458 e. The van der Waals surface area contributed by atoms with Gasteiger partial charge in [-0.05, 0) is 6.07 Å². The summed E-state index contributed by atoms with van der Waals surface area (Å²) in [4.78, 5) is 21.5. The molecule has 2 unspecified atom stereocenters. The average Bonchev–Trinajstić information content (AvgIpc) is 2.71. The van der Waals surface area contributed by atoms with Crippen LogP contribution in [0.4, 0.5) is 68.5 Å². The number of rotatable bonds is 10. The molecule has 0 saturated heterocycles. The molecule has 0 aliphatic heterocycles. The number of nitro benzene ring substituents is 1. The van der Waals surface area contributed by atoms with Crippen LogP contribution in [0.5, 0.6) is 5.75 Å². The van der Waals surface area contributed by atoms with Gasteiger partial charge < -0.3 is 10.1 Å². The van der Waals surface area contributed by atoms with E-state index in [2.05, 4.69) is 9.47 Å². The zero-order valence-electron chi connectivity index (χ0n) is 17.2. The minimum atomic E-state index is -7.49. The van der Waals surface area contributed by atoms with Crippen molar-refractivity contribution in [2.45, 2.75) is 36.3 Å². The topological polar surface area (TPSA) is 99.9 Å². The fourth-order valence-corrected chi connectivity index (χ4v) is 2.09. The zero-order chi connectivity index (χ0) is 29.4. The van der Waals surface area contributed by atoms with Gasteiger partial charge >= 0.3 is 36.3 Å². The van der Waals surface area contributed by atoms with E-state index in [1.807, 2.05) is 4.74 Å². The molecule has 2 atom stereocenters. The highest BCUT2D eigenvalue weighted by Crippen LogP contribution is 2.53. The fourth-order valence-electron chi connectivity index (χ4n) is 2.09. The molecule has 1 aromatic carbocycles. The Morgan fingerprint density at radius 1 is 0.946 bits per heavy atom. The fraction of sp³-hybridized carbons (Fsp3) is 0.438. The second-order valence-electron chi connectivity index (χ2n) is 6.42. The molecule has 1 N–H and O–H groups in total. The maximum Gasteiger partial charge on any atom is 0.458 e. The van der Waals surface area contributed by atoms with E-state index in [0.717, 1.165) is 5.32 Å². The molecule has 0 heterocycles. The van der Waals surface area contributed by atoms with E-state index in [1.165, 1.54) is 0 Å². The SMILES string of the molecule is C=C(F)C(F)(F)OC(F)(C(F)(F)F)C(F)(F)OC(F)(C(=O)Nc1ccc([N+](=O)[O-])cc1OC)C(F)(F)F. The van der Waals surface area contributed by atoms with Crippen LogP contribution in [0.2, 0.25) is 0 Å². The first-order chi connectivity index (χ1) is 16.4. The maximum atomic E-state index is 14.6. The highest BCUT2D eigenvalue weighted by atomic mass is 19.4. The molecule has 210 valence electrons. The van der Waals surface area contributed by atoms with Crippen LogP contribution in [-0.2, 0) is 14.3 Å². The normalized spacial score (nSPS) is 16.4. The number of hydrogen-bond donors (Lipinski definition) is 1. The summed E-state index contributed by atoms with van der Waals surface area (Å²) in [7, 11) is 0.683. The van der Waals surface area contributed by atoms with Gasteiger partial charge in [0.2, 0.25) is 0 Å². The van der Waals surface area contributed by atoms with Crippen molar-refractivity contribution < 1.29 is 81.0 Å². The van der Waals surface area contributed by atoms with Crippen LogP contribution in [-0.4, -0.2) is 54.2 Å². The lowest BCUT2D eigenvalue weighted by Gasteiger charge is -2.38. The Labute approximate surface area is 194 Å². The van der Waals surface area contributed by atoms with Gasteiger partial charge in [-0.25, -0.2) is 4.39 Å². The number of amides is 1. The van der Waals surface area contributed by atoms with Gasteiger partial charge in [0.1, 0.15) is 5.75 Å². The van der Waals surface area contributed by atoms with Crippen molar-refractivity contribution in [3.63, 3.8) is 0 Å². The van der Waals surface area contributed by atoms with Gasteiger partial charge in [0.15, 0.2) is 5.83 Å². The predicted molar refractivity (Wildman–Crippen MR) is 90.4 cm³/mol. The number of nitrogens with zero attached hydrogens (tertiary/aromatic N) is 1. The van der Waals surface area contributed by atoms with Gasteiger partial charge in [-0.3, -0.25) is 24.4 Å². The van der Waals surface area contributed by atoms with Gasteiger partial charge in [0, 0.05) is 6.07 Å². The summed E-state index contributed by atoms with van der Waals surface area (Å²) in [6.07, 6.45) is -28.4. The number of nitrogens with one attached hydrogen (secondary N) is 1. The molecule has 0 aliphatic rings. The number of carbonyl (C=O) groups excluding carboxylic acids is 1. The van der Waals surface area contributed by atoms with Gasteiger partial charge in [-0.15, -0.1) is 0 Å². The molecule has 8 nitrogen and oxygen atoms in total. The first-order valence-electron chi connectivity index (χ1n) is 8.52. The molecule has 0 aromatic heterocycles. The van der Waals surface area contributed by atoms with Crippen LogP contribution in [0.25, 0.3) is 0 Å². The van der Waals surface area contributed by atoms with E-state index in [4.69, 9.17) is 0 Å². The molecular formula is C16H9F13N2O6. The van der Waals surface area contributed by atoms with Crippen molar-refractivity contribution in [2.75, 3.05) is 12.4 Å². The van der Waals surface area contributed by atoms with Crippen molar-refractivity contribution in [2.24, 2.45) is 0 Å². The number of halogens is 13. The van der Waals surface area contributed by atoms with E-state index in [0.29, 0.717) is 25.3 Å². The Morgan fingerprint density at radius 3 is 1.84 bits per heavy atom. The minimum absolute atomic E-state index is 0.343. The molecule has 1 rings (SSSR count). The molecule has 1 aromatic rings. The van der Waals surface area contributed by atoms with E-state index >= 15 is 0 Å². The number of methoxy groups -OCH3 is 1. The lowest BCUT2D eigenvalue weighted by Crippen LogP contribution is -2.66. The number of hydrogen-bond acceptors (Lipinski definition) is 6.